The van der Waals surface area contributed by atoms with Gasteiger partial charge in [0.2, 0.25) is 0 Å². The number of halogens is 1. The quantitative estimate of drug-likeness (QED) is 0.765. The van der Waals surface area contributed by atoms with Crippen molar-refractivity contribution in [3.8, 4) is 0 Å². The van der Waals surface area contributed by atoms with E-state index in [2.05, 4.69) is 23.1 Å². The first-order valence-corrected chi connectivity index (χ1v) is 8.70. The molecule has 1 aliphatic heterocycles. The third kappa shape index (κ3) is 4.16. The number of carbonyl (C=O) groups excluding carboxylic acids is 1. The van der Waals surface area contributed by atoms with Gasteiger partial charge in [0.25, 0.3) is 0 Å². The van der Waals surface area contributed by atoms with E-state index in [4.69, 9.17) is 16.3 Å². The van der Waals surface area contributed by atoms with Crippen LogP contribution in [-0.4, -0.2) is 31.1 Å². The average molecular weight is 344 g/mol. The van der Waals surface area contributed by atoms with Crippen LogP contribution in [0.4, 0.5) is 0 Å². The van der Waals surface area contributed by atoms with E-state index < -0.39 is 0 Å². The number of methoxy groups -OCH3 is 1. The highest BCUT2D eigenvalue weighted by atomic mass is 35.5. The molecule has 126 valence electrons. The van der Waals surface area contributed by atoms with Gasteiger partial charge in [-0.3, -0.25) is 4.90 Å². The molecule has 3 nitrogen and oxygen atoms in total. The molecule has 1 heterocycles. The highest BCUT2D eigenvalue weighted by Gasteiger charge is 2.17. The lowest BCUT2D eigenvalue weighted by Gasteiger charge is -2.29. The number of benzene rings is 2. The van der Waals surface area contributed by atoms with Crippen LogP contribution in [0.25, 0.3) is 0 Å². The molecule has 0 bridgehead atoms. The van der Waals surface area contributed by atoms with Crippen LogP contribution in [0.15, 0.2) is 42.5 Å². The van der Waals surface area contributed by atoms with E-state index >= 15 is 0 Å². The van der Waals surface area contributed by atoms with Crippen molar-refractivity contribution in [1.29, 1.82) is 0 Å². The Morgan fingerprint density at radius 1 is 1.17 bits per heavy atom. The van der Waals surface area contributed by atoms with Crippen molar-refractivity contribution in [3.63, 3.8) is 0 Å². The van der Waals surface area contributed by atoms with Crippen LogP contribution in [0.1, 0.15) is 33.5 Å². The number of esters is 1. The number of carbonyl (C=O) groups is 1. The van der Waals surface area contributed by atoms with Gasteiger partial charge in [-0.25, -0.2) is 4.79 Å². The fraction of sp³-hybridized carbons (Fsp3) is 0.350. The van der Waals surface area contributed by atoms with Crippen LogP contribution >= 0.6 is 11.6 Å². The van der Waals surface area contributed by atoms with E-state index in [1.54, 1.807) is 0 Å². The monoisotopic (exact) mass is 343 g/mol. The number of hydrogen-bond acceptors (Lipinski definition) is 3. The van der Waals surface area contributed by atoms with E-state index in [1.807, 2.05) is 24.3 Å². The van der Waals surface area contributed by atoms with Crippen molar-refractivity contribution in [1.82, 2.24) is 4.90 Å². The maximum atomic E-state index is 11.6. The van der Waals surface area contributed by atoms with Gasteiger partial charge in [0, 0.05) is 18.1 Å². The maximum Gasteiger partial charge on any atom is 0.337 e. The highest BCUT2D eigenvalue weighted by Crippen LogP contribution is 2.21. The minimum Gasteiger partial charge on any atom is -0.465 e. The molecule has 1 aliphatic rings. The summed E-state index contributed by atoms with van der Waals surface area (Å²) in [4.78, 5) is 14.1. The molecule has 0 fully saturated rings. The summed E-state index contributed by atoms with van der Waals surface area (Å²) < 4.78 is 4.79. The standard InChI is InChI=1S/C20H22ClNO2/c1-24-20(23)17-6-7-18-14-22(12-10-16(18)13-17)11-2-3-15-4-8-19(21)9-5-15/h4-9,13H,2-3,10-12,14H2,1H3. The number of fused-ring (bicyclic) bond motifs is 1. The Morgan fingerprint density at radius 3 is 2.71 bits per heavy atom. The van der Waals surface area contributed by atoms with Crippen molar-refractivity contribution >= 4 is 17.6 Å². The van der Waals surface area contributed by atoms with Crippen molar-refractivity contribution in [2.75, 3.05) is 20.2 Å². The molecule has 24 heavy (non-hydrogen) atoms. The zero-order chi connectivity index (χ0) is 16.9. The number of ether oxygens (including phenoxy) is 1. The van der Waals surface area contributed by atoms with Crippen LogP contribution < -0.4 is 0 Å². The fourth-order valence-electron chi connectivity index (χ4n) is 3.20. The minimum absolute atomic E-state index is 0.261. The SMILES string of the molecule is COC(=O)c1ccc2c(c1)CCN(CCCc1ccc(Cl)cc1)C2. The van der Waals surface area contributed by atoms with Gasteiger partial charge in [-0.1, -0.05) is 29.8 Å². The predicted octanol–water partition coefficient (Wildman–Crippen LogP) is 4.12. The molecule has 0 saturated carbocycles. The molecular formula is C20H22ClNO2. The molecule has 0 spiro atoms. The Morgan fingerprint density at radius 2 is 1.96 bits per heavy atom. The Balaban J connectivity index is 1.53. The number of hydrogen-bond donors (Lipinski definition) is 0. The summed E-state index contributed by atoms with van der Waals surface area (Å²) in [5.41, 5.74) is 4.57. The van der Waals surface area contributed by atoms with Gasteiger partial charge in [-0.05, 0) is 66.8 Å². The van der Waals surface area contributed by atoms with Gasteiger partial charge in [0.1, 0.15) is 0 Å². The highest BCUT2D eigenvalue weighted by molar-refractivity contribution is 6.30. The molecule has 0 amide bonds. The fourth-order valence-corrected chi connectivity index (χ4v) is 3.33. The van der Waals surface area contributed by atoms with E-state index in [-0.39, 0.29) is 5.97 Å². The second-order valence-corrected chi connectivity index (χ2v) is 6.67. The van der Waals surface area contributed by atoms with E-state index in [0.717, 1.165) is 43.9 Å². The molecule has 2 aromatic rings. The molecular weight excluding hydrogens is 322 g/mol. The van der Waals surface area contributed by atoms with E-state index in [9.17, 15) is 4.79 Å². The van der Waals surface area contributed by atoms with Gasteiger partial charge < -0.3 is 4.74 Å². The molecule has 0 atom stereocenters. The Hall–Kier alpha value is -1.84. The van der Waals surface area contributed by atoms with Crippen LogP contribution in [0.5, 0.6) is 0 Å². The first-order valence-electron chi connectivity index (χ1n) is 8.32. The van der Waals surface area contributed by atoms with Gasteiger partial charge in [-0.2, -0.15) is 0 Å². The van der Waals surface area contributed by atoms with Crippen molar-refractivity contribution in [2.24, 2.45) is 0 Å². The first-order chi connectivity index (χ1) is 11.7. The predicted molar refractivity (Wildman–Crippen MR) is 96.5 cm³/mol. The third-order valence-electron chi connectivity index (χ3n) is 4.57. The van der Waals surface area contributed by atoms with Crippen molar-refractivity contribution in [2.45, 2.75) is 25.8 Å². The smallest absolute Gasteiger partial charge is 0.337 e. The maximum absolute atomic E-state index is 11.6. The molecule has 0 unspecified atom stereocenters. The van der Waals surface area contributed by atoms with Crippen LogP contribution in [0, 0.1) is 0 Å². The van der Waals surface area contributed by atoms with Gasteiger partial charge in [0.15, 0.2) is 0 Å². The van der Waals surface area contributed by atoms with Crippen LogP contribution in [0.3, 0.4) is 0 Å². The van der Waals surface area contributed by atoms with Crippen LogP contribution in [-0.2, 0) is 24.1 Å². The van der Waals surface area contributed by atoms with E-state index in [1.165, 1.54) is 23.8 Å². The normalized spacial score (nSPS) is 14.2. The average Bonchev–Trinajstić information content (AvgIpc) is 2.62. The molecule has 2 aromatic carbocycles. The number of rotatable bonds is 5. The lowest BCUT2D eigenvalue weighted by molar-refractivity contribution is 0.0600. The molecule has 4 heteroatoms. The zero-order valence-electron chi connectivity index (χ0n) is 13.9. The summed E-state index contributed by atoms with van der Waals surface area (Å²) >= 11 is 5.92. The molecule has 0 N–H and O–H groups in total. The summed E-state index contributed by atoms with van der Waals surface area (Å²) in [6, 6.07) is 14.0. The minimum atomic E-state index is -0.261. The molecule has 0 aliphatic carbocycles. The Kier molecular flexibility index (Phi) is 5.54. The first kappa shape index (κ1) is 17.0. The van der Waals surface area contributed by atoms with Crippen molar-refractivity contribution < 1.29 is 9.53 Å². The second kappa shape index (κ2) is 7.82. The summed E-state index contributed by atoms with van der Waals surface area (Å²) in [5.74, 6) is -0.261. The largest absolute Gasteiger partial charge is 0.465 e. The Bertz CT molecular complexity index is 712. The molecule has 0 radical (unpaired) electrons. The summed E-state index contributed by atoms with van der Waals surface area (Å²) in [6.07, 6.45) is 3.19. The summed E-state index contributed by atoms with van der Waals surface area (Å²) in [7, 11) is 1.42. The van der Waals surface area contributed by atoms with Gasteiger partial charge in [-0.15, -0.1) is 0 Å². The molecule has 3 rings (SSSR count). The lowest BCUT2D eigenvalue weighted by atomic mass is 9.97. The zero-order valence-corrected chi connectivity index (χ0v) is 14.7. The number of nitrogens with zero attached hydrogens (tertiary/aromatic N) is 1. The van der Waals surface area contributed by atoms with Gasteiger partial charge >= 0.3 is 5.97 Å². The molecule has 0 saturated heterocycles. The summed E-state index contributed by atoms with van der Waals surface area (Å²) in [5, 5.41) is 0.790. The van der Waals surface area contributed by atoms with Gasteiger partial charge in [0.05, 0.1) is 12.7 Å². The van der Waals surface area contributed by atoms with Crippen molar-refractivity contribution in [3.05, 3.63) is 69.7 Å². The van der Waals surface area contributed by atoms with E-state index in [0.29, 0.717) is 5.56 Å². The lowest BCUT2D eigenvalue weighted by Crippen LogP contribution is -2.31. The summed E-state index contributed by atoms with van der Waals surface area (Å²) in [6.45, 7) is 3.08. The second-order valence-electron chi connectivity index (χ2n) is 6.23. The van der Waals surface area contributed by atoms with Crippen LogP contribution in [0.2, 0.25) is 5.02 Å². The third-order valence-corrected chi connectivity index (χ3v) is 4.82. The number of aryl methyl sites for hydroxylation is 1. The topological polar surface area (TPSA) is 29.5 Å². The Labute approximate surface area is 148 Å². The molecule has 0 aromatic heterocycles.